The van der Waals surface area contributed by atoms with Gasteiger partial charge in [0.25, 0.3) is 0 Å². The molecule has 18 heavy (non-hydrogen) atoms. The second-order valence-electron chi connectivity index (χ2n) is 5.10. The van der Waals surface area contributed by atoms with Crippen LogP contribution in [0.25, 0.3) is 0 Å². The van der Waals surface area contributed by atoms with Crippen LogP contribution in [0.15, 0.2) is 0 Å². The van der Waals surface area contributed by atoms with E-state index in [-0.39, 0.29) is 19.8 Å². The third-order valence-electron chi connectivity index (χ3n) is 3.39. The molecule has 1 fully saturated rings. The van der Waals surface area contributed by atoms with Crippen molar-refractivity contribution in [2.45, 2.75) is 51.9 Å². The van der Waals surface area contributed by atoms with Gasteiger partial charge >= 0.3 is 0 Å². The van der Waals surface area contributed by atoms with Crippen LogP contribution < -0.4 is 0 Å². The predicted octanol–water partition coefficient (Wildman–Crippen LogP) is 1.72. The molecule has 0 aliphatic carbocycles. The smallest absolute Gasteiger partial charge is 0.0531 e. The molecule has 4 heteroatoms. The van der Waals surface area contributed by atoms with Crippen molar-refractivity contribution in [2.75, 3.05) is 33.0 Å². The number of aliphatic hydroxyl groups is 3. The summed E-state index contributed by atoms with van der Waals surface area (Å²) in [7, 11) is 0. The van der Waals surface area contributed by atoms with Crippen molar-refractivity contribution >= 4 is 0 Å². The molecule has 1 heterocycles. The van der Waals surface area contributed by atoms with Crippen molar-refractivity contribution in [3.8, 4) is 0 Å². The van der Waals surface area contributed by atoms with Gasteiger partial charge in [-0.25, -0.2) is 0 Å². The van der Waals surface area contributed by atoms with E-state index in [9.17, 15) is 0 Å². The Labute approximate surface area is 111 Å². The van der Waals surface area contributed by atoms with Crippen LogP contribution in [-0.4, -0.2) is 48.4 Å². The van der Waals surface area contributed by atoms with Gasteiger partial charge in [-0.1, -0.05) is 39.0 Å². The van der Waals surface area contributed by atoms with Crippen molar-refractivity contribution in [1.29, 1.82) is 0 Å². The zero-order valence-electron chi connectivity index (χ0n) is 11.7. The molecule has 0 bridgehead atoms. The molecule has 0 amide bonds. The van der Waals surface area contributed by atoms with Crippen LogP contribution in [0, 0.1) is 5.41 Å². The maximum absolute atomic E-state index is 9.06. The lowest BCUT2D eigenvalue weighted by molar-refractivity contribution is -0.00229. The molecule has 0 radical (unpaired) electrons. The molecule has 0 unspecified atom stereocenters. The van der Waals surface area contributed by atoms with Gasteiger partial charge in [0.2, 0.25) is 0 Å². The van der Waals surface area contributed by atoms with E-state index in [0.29, 0.717) is 6.42 Å². The largest absolute Gasteiger partial charge is 0.396 e. The molecule has 0 spiro atoms. The van der Waals surface area contributed by atoms with Crippen molar-refractivity contribution in [1.82, 2.24) is 0 Å². The highest BCUT2D eigenvalue weighted by atomic mass is 16.5. The van der Waals surface area contributed by atoms with Gasteiger partial charge in [-0.05, 0) is 12.8 Å². The van der Waals surface area contributed by atoms with Crippen LogP contribution in [-0.2, 0) is 4.74 Å². The van der Waals surface area contributed by atoms with E-state index in [0.717, 1.165) is 26.1 Å². The summed E-state index contributed by atoms with van der Waals surface area (Å²) < 4.78 is 4.72. The van der Waals surface area contributed by atoms with Gasteiger partial charge in [0.05, 0.1) is 19.8 Å². The monoisotopic (exact) mass is 262 g/mol. The molecule has 0 aromatic heterocycles. The van der Waals surface area contributed by atoms with Gasteiger partial charge in [0, 0.05) is 18.6 Å². The van der Waals surface area contributed by atoms with E-state index < -0.39 is 5.41 Å². The lowest BCUT2D eigenvalue weighted by Crippen LogP contribution is -2.33. The Kier molecular flexibility index (Phi) is 11.8. The van der Waals surface area contributed by atoms with E-state index in [1.165, 1.54) is 25.7 Å². The Hall–Kier alpha value is -0.160. The molecular weight excluding hydrogens is 232 g/mol. The minimum absolute atomic E-state index is 0.131. The summed E-state index contributed by atoms with van der Waals surface area (Å²) in [5.41, 5.74) is -0.661. The fourth-order valence-corrected chi connectivity index (χ4v) is 1.64. The van der Waals surface area contributed by atoms with Crippen LogP contribution >= 0.6 is 0 Å². The van der Waals surface area contributed by atoms with Crippen LogP contribution in [0.2, 0.25) is 0 Å². The van der Waals surface area contributed by atoms with Gasteiger partial charge in [0.1, 0.15) is 0 Å². The zero-order valence-corrected chi connectivity index (χ0v) is 11.7. The first kappa shape index (κ1) is 17.8. The van der Waals surface area contributed by atoms with E-state index in [4.69, 9.17) is 20.1 Å². The standard InChI is InChI=1S/C11H24O3.C3H6O/c1-2-3-4-5-6-7-11(8-12,9-13)10-14;1-2-4-3-1/h12-14H,2-10H2,1H3;1-3H2. The zero-order chi connectivity index (χ0) is 13.7. The van der Waals surface area contributed by atoms with Gasteiger partial charge < -0.3 is 20.1 Å². The molecule has 1 saturated heterocycles. The summed E-state index contributed by atoms with van der Waals surface area (Å²) in [5, 5.41) is 27.2. The molecule has 110 valence electrons. The van der Waals surface area contributed by atoms with Gasteiger partial charge in [0.15, 0.2) is 0 Å². The van der Waals surface area contributed by atoms with Crippen molar-refractivity contribution in [2.24, 2.45) is 5.41 Å². The Balaban J connectivity index is 0.000000601. The van der Waals surface area contributed by atoms with Crippen molar-refractivity contribution in [3.05, 3.63) is 0 Å². The molecule has 0 aromatic rings. The fraction of sp³-hybridized carbons (Fsp3) is 1.00. The number of ether oxygens (including phenoxy) is 1. The Morgan fingerprint density at radius 2 is 1.33 bits per heavy atom. The van der Waals surface area contributed by atoms with E-state index in [1.807, 2.05) is 0 Å². The molecular formula is C14H30O4. The molecule has 1 aliphatic heterocycles. The molecule has 0 atom stereocenters. The summed E-state index contributed by atoms with van der Waals surface area (Å²) in [4.78, 5) is 0. The van der Waals surface area contributed by atoms with Gasteiger partial charge in [-0.3, -0.25) is 0 Å². The molecule has 1 rings (SSSR count). The normalized spacial score (nSPS) is 14.7. The lowest BCUT2D eigenvalue weighted by Gasteiger charge is -2.27. The van der Waals surface area contributed by atoms with Crippen LogP contribution in [0.5, 0.6) is 0 Å². The van der Waals surface area contributed by atoms with Crippen molar-refractivity contribution in [3.63, 3.8) is 0 Å². The number of rotatable bonds is 9. The second-order valence-corrected chi connectivity index (χ2v) is 5.10. The first-order valence-electron chi connectivity index (χ1n) is 7.15. The van der Waals surface area contributed by atoms with Crippen LogP contribution in [0.1, 0.15) is 51.9 Å². The van der Waals surface area contributed by atoms with Gasteiger partial charge in [-0.2, -0.15) is 0 Å². The fourth-order valence-electron chi connectivity index (χ4n) is 1.64. The molecule has 4 nitrogen and oxygen atoms in total. The number of hydrogen-bond donors (Lipinski definition) is 3. The summed E-state index contributed by atoms with van der Waals surface area (Å²) >= 11 is 0. The summed E-state index contributed by atoms with van der Waals surface area (Å²) in [6.07, 6.45) is 7.74. The van der Waals surface area contributed by atoms with E-state index in [1.54, 1.807) is 0 Å². The maximum atomic E-state index is 9.06. The quantitative estimate of drug-likeness (QED) is 0.553. The lowest BCUT2D eigenvalue weighted by atomic mass is 9.85. The third-order valence-corrected chi connectivity index (χ3v) is 3.39. The molecule has 3 N–H and O–H groups in total. The Bertz CT molecular complexity index is 153. The third kappa shape index (κ3) is 8.03. The van der Waals surface area contributed by atoms with Gasteiger partial charge in [-0.15, -0.1) is 0 Å². The minimum Gasteiger partial charge on any atom is -0.396 e. The first-order valence-corrected chi connectivity index (χ1v) is 7.15. The van der Waals surface area contributed by atoms with E-state index >= 15 is 0 Å². The average molecular weight is 262 g/mol. The van der Waals surface area contributed by atoms with Crippen molar-refractivity contribution < 1.29 is 20.1 Å². The summed E-state index contributed by atoms with van der Waals surface area (Å²) in [6, 6.07) is 0. The Morgan fingerprint density at radius 3 is 1.67 bits per heavy atom. The number of hydrogen-bond acceptors (Lipinski definition) is 4. The second kappa shape index (κ2) is 11.9. The first-order chi connectivity index (χ1) is 8.74. The number of unbranched alkanes of at least 4 members (excludes halogenated alkanes) is 4. The molecule has 0 aromatic carbocycles. The topological polar surface area (TPSA) is 69.9 Å². The van der Waals surface area contributed by atoms with E-state index in [2.05, 4.69) is 6.92 Å². The highest BCUT2D eigenvalue weighted by molar-refractivity contribution is 4.76. The number of aliphatic hydroxyl groups excluding tert-OH is 3. The SMILES string of the molecule is C1COC1.CCCCCCCC(CO)(CO)CO. The average Bonchev–Trinajstić information content (AvgIpc) is 2.33. The molecule has 1 aliphatic rings. The predicted molar refractivity (Wildman–Crippen MR) is 72.5 cm³/mol. The maximum Gasteiger partial charge on any atom is 0.0531 e. The van der Waals surface area contributed by atoms with Crippen LogP contribution in [0.3, 0.4) is 0 Å². The summed E-state index contributed by atoms with van der Waals surface area (Å²) in [6.45, 7) is 3.77. The van der Waals surface area contributed by atoms with Crippen LogP contribution in [0.4, 0.5) is 0 Å². The molecule has 0 saturated carbocycles. The highest BCUT2D eigenvalue weighted by Gasteiger charge is 2.26. The highest BCUT2D eigenvalue weighted by Crippen LogP contribution is 2.23. The Morgan fingerprint density at radius 1 is 0.889 bits per heavy atom. The summed E-state index contributed by atoms with van der Waals surface area (Å²) in [5.74, 6) is 0. The minimum atomic E-state index is -0.661.